The Kier molecular flexibility index (Phi) is 8.84. The number of rotatable bonds is 7. The number of likely N-dealkylation sites (tertiary alicyclic amines) is 1. The van der Waals surface area contributed by atoms with Crippen LogP contribution < -0.4 is 9.47 Å². The molecule has 2 saturated heterocycles. The topological polar surface area (TPSA) is 62.3 Å². The summed E-state index contributed by atoms with van der Waals surface area (Å²) < 4.78 is 34.4. The summed E-state index contributed by atoms with van der Waals surface area (Å²) >= 11 is 0. The second kappa shape index (κ2) is 11.8. The van der Waals surface area contributed by atoms with Gasteiger partial charge < -0.3 is 19.3 Å². The minimum absolute atomic E-state index is 0.0585. The van der Waals surface area contributed by atoms with E-state index >= 15 is 0 Å². The monoisotopic (exact) mass is 451 g/mol. The van der Waals surface area contributed by atoms with Crippen LogP contribution in [-0.2, 0) is 9.59 Å². The third kappa shape index (κ3) is 6.91. The molecule has 2 fully saturated rings. The number of carbonyl (C=O) groups excluding carboxylic acids is 2. The number of hydrogen-bond acceptors (Lipinski definition) is 5. The summed E-state index contributed by atoms with van der Waals surface area (Å²) in [6, 6.07) is 4.50. The fourth-order valence-corrected chi connectivity index (χ4v) is 3.99. The van der Waals surface area contributed by atoms with Crippen molar-refractivity contribution in [3.63, 3.8) is 0 Å². The van der Waals surface area contributed by atoms with E-state index in [1.165, 1.54) is 38.2 Å². The third-order valence-corrected chi connectivity index (χ3v) is 5.82. The SMILES string of the molecule is COc1cc(/C=C/C(=O)N2CCN(CC(=O)N3CCCCCC3)CC2)ccc1OC(F)F. The second-order valence-electron chi connectivity index (χ2n) is 8.02. The molecule has 0 aromatic heterocycles. The molecule has 0 N–H and O–H groups in total. The number of carbonyl (C=O) groups is 2. The summed E-state index contributed by atoms with van der Waals surface area (Å²) in [5, 5.41) is 0. The van der Waals surface area contributed by atoms with E-state index < -0.39 is 6.61 Å². The van der Waals surface area contributed by atoms with E-state index in [2.05, 4.69) is 9.64 Å². The lowest BCUT2D eigenvalue weighted by Gasteiger charge is -2.34. The van der Waals surface area contributed by atoms with Crippen molar-refractivity contribution in [3.05, 3.63) is 29.8 Å². The van der Waals surface area contributed by atoms with Crippen LogP contribution in [0.25, 0.3) is 6.08 Å². The van der Waals surface area contributed by atoms with E-state index in [0.717, 1.165) is 25.9 Å². The molecule has 0 atom stereocenters. The van der Waals surface area contributed by atoms with Crippen LogP contribution in [0, 0.1) is 0 Å². The van der Waals surface area contributed by atoms with Crippen molar-refractivity contribution in [2.24, 2.45) is 0 Å². The number of nitrogens with zero attached hydrogens (tertiary/aromatic N) is 3. The smallest absolute Gasteiger partial charge is 0.387 e. The Bertz CT molecular complexity index is 802. The van der Waals surface area contributed by atoms with Crippen LogP contribution in [0.2, 0.25) is 0 Å². The molecule has 176 valence electrons. The zero-order chi connectivity index (χ0) is 22.9. The van der Waals surface area contributed by atoms with Gasteiger partial charge in [-0.3, -0.25) is 14.5 Å². The predicted octanol–water partition coefficient (Wildman–Crippen LogP) is 2.86. The van der Waals surface area contributed by atoms with Gasteiger partial charge in [-0.05, 0) is 36.6 Å². The fraction of sp³-hybridized carbons (Fsp3) is 0.565. The number of piperazine rings is 1. The number of halogens is 2. The number of amides is 2. The molecule has 1 aromatic carbocycles. The average molecular weight is 452 g/mol. The van der Waals surface area contributed by atoms with Gasteiger partial charge in [-0.15, -0.1) is 0 Å². The lowest BCUT2D eigenvalue weighted by molar-refractivity contribution is -0.133. The van der Waals surface area contributed by atoms with E-state index in [0.29, 0.717) is 38.3 Å². The molecule has 0 spiro atoms. The largest absolute Gasteiger partial charge is 0.493 e. The van der Waals surface area contributed by atoms with Crippen LogP contribution in [0.5, 0.6) is 11.5 Å². The van der Waals surface area contributed by atoms with Crippen molar-refractivity contribution < 1.29 is 27.8 Å². The summed E-state index contributed by atoms with van der Waals surface area (Å²) in [7, 11) is 1.36. The quantitative estimate of drug-likeness (QED) is 0.597. The van der Waals surface area contributed by atoms with Crippen molar-refractivity contribution in [1.29, 1.82) is 0 Å². The molecular formula is C23H31F2N3O4. The van der Waals surface area contributed by atoms with E-state index in [4.69, 9.17) is 4.74 Å². The third-order valence-electron chi connectivity index (χ3n) is 5.82. The Morgan fingerprint density at radius 3 is 2.28 bits per heavy atom. The molecular weight excluding hydrogens is 420 g/mol. The summed E-state index contributed by atoms with van der Waals surface area (Å²) in [5.74, 6) is 0.162. The first-order valence-electron chi connectivity index (χ1n) is 11.1. The predicted molar refractivity (Wildman–Crippen MR) is 117 cm³/mol. The van der Waals surface area contributed by atoms with Crippen LogP contribution in [0.3, 0.4) is 0 Å². The maximum Gasteiger partial charge on any atom is 0.387 e. The molecule has 9 heteroatoms. The molecule has 3 rings (SSSR count). The van der Waals surface area contributed by atoms with Gasteiger partial charge >= 0.3 is 6.61 Å². The van der Waals surface area contributed by atoms with Crippen LogP contribution in [0.4, 0.5) is 8.78 Å². The van der Waals surface area contributed by atoms with Gasteiger partial charge in [0, 0.05) is 45.3 Å². The van der Waals surface area contributed by atoms with Gasteiger partial charge in [-0.25, -0.2) is 0 Å². The highest BCUT2D eigenvalue weighted by atomic mass is 19.3. The van der Waals surface area contributed by atoms with Crippen LogP contribution in [-0.4, -0.2) is 86.0 Å². The first kappa shape index (κ1) is 24.0. The number of benzene rings is 1. The molecule has 0 unspecified atom stereocenters. The van der Waals surface area contributed by atoms with Gasteiger partial charge in [0.05, 0.1) is 13.7 Å². The molecule has 0 bridgehead atoms. The zero-order valence-electron chi connectivity index (χ0n) is 18.5. The Labute approximate surface area is 187 Å². The Morgan fingerprint density at radius 2 is 1.66 bits per heavy atom. The molecule has 1 aromatic rings. The number of hydrogen-bond donors (Lipinski definition) is 0. The van der Waals surface area contributed by atoms with Crippen molar-refractivity contribution in [2.45, 2.75) is 32.3 Å². The zero-order valence-corrected chi connectivity index (χ0v) is 18.5. The van der Waals surface area contributed by atoms with Gasteiger partial charge in [-0.2, -0.15) is 8.78 Å². The normalized spacial score (nSPS) is 18.1. The van der Waals surface area contributed by atoms with Gasteiger partial charge in [0.1, 0.15) is 0 Å². The minimum atomic E-state index is -2.94. The Morgan fingerprint density at radius 1 is 0.969 bits per heavy atom. The van der Waals surface area contributed by atoms with Gasteiger partial charge in [0.2, 0.25) is 11.8 Å². The van der Waals surface area contributed by atoms with Gasteiger partial charge in [0.25, 0.3) is 0 Å². The van der Waals surface area contributed by atoms with E-state index in [-0.39, 0.29) is 23.3 Å². The lowest BCUT2D eigenvalue weighted by Crippen LogP contribution is -2.51. The number of methoxy groups -OCH3 is 1. The molecule has 2 heterocycles. The highest BCUT2D eigenvalue weighted by Gasteiger charge is 2.23. The highest BCUT2D eigenvalue weighted by molar-refractivity contribution is 5.92. The molecule has 0 radical (unpaired) electrons. The van der Waals surface area contributed by atoms with Crippen LogP contribution in [0.15, 0.2) is 24.3 Å². The van der Waals surface area contributed by atoms with E-state index in [1.807, 2.05) is 4.90 Å². The van der Waals surface area contributed by atoms with Crippen molar-refractivity contribution in [2.75, 3.05) is 52.9 Å². The first-order valence-corrected chi connectivity index (χ1v) is 11.1. The molecule has 7 nitrogen and oxygen atoms in total. The molecule has 32 heavy (non-hydrogen) atoms. The number of alkyl halides is 2. The fourth-order valence-electron chi connectivity index (χ4n) is 3.99. The Hall–Kier alpha value is -2.68. The molecule has 2 aliphatic rings. The Balaban J connectivity index is 1.48. The van der Waals surface area contributed by atoms with Crippen LogP contribution >= 0.6 is 0 Å². The van der Waals surface area contributed by atoms with Gasteiger partial charge in [0.15, 0.2) is 11.5 Å². The number of ether oxygens (including phenoxy) is 2. The summed E-state index contributed by atoms with van der Waals surface area (Å²) in [6.07, 6.45) is 7.62. The minimum Gasteiger partial charge on any atom is -0.493 e. The van der Waals surface area contributed by atoms with Crippen LogP contribution in [0.1, 0.15) is 31.2 Å². The maximum atomic E-state index is 12.6. The van der Waals surface area contributed by atoms with Crippen molar-refractivity contribution >= 4 is 17.9 Å². The van der Waals surface area contributed by atoms with E-state index in [1.54, 1.807) is 17.0 Å². The summed E-state index contributed by atoms with van der Waals surface area (Å²) in [5.41, 5.74) is 0.637. The average Bonchev–Trinajstić information content (AvgIpc) is 3.08. The maximum absolute atomic E-state index is 12.6. The first-order chi connectivity index (χ1) is 15.5. The second-order valence-corrected chi connectivity index (χ2v) is 8.02. The molecule has 0 saturated carbocycles. The van der Waals surface area contributed by atoms with E-state index in [9.17, 15) is 18.4 Å². The molecule has 0 aliphatic carbocycles. The summed E-state index contributed by atoms with van der Waals surface area (Å²) in [4.78, 5) is 30.9. The summed E-state index contributed by atoms with van der Waals surface area (Å²) in [6.45, 7) is 1.60. The molecule has 2 amide bonds. The molecule has 2 aliphatic heterocycles. The highest BCUT2D eigenvalue weighted by Crippen LogP contribution is 2.29. The van der Waals surface area contributed by atoms with Crippen molar-refractivity contribution in [3.8, 4) is 11.5 Å². The van der Waals surface area contributed by atoms with Gasteiger partial charge in [-0.1, -0.05) is 18.9 Å². The van der Waals surface area contributed by atoms with Crippen molar-refractivity contribution in [1.82, 2.24) is 14.7 Å². The lowest BCUT2D eigenvalue weighted by atomic mass is 10.2. The standard InChI is InChI=1S/C23H31F2N3O4/c1-31-20-16-18(6-8-19(20)32-23(24)25)7-9-21(29)28-14-12-26(13-15-28)17-22(30)27-10-4-2-3-5-11-27/h6-9,16,23H,2-5,10-15,17H2,1H3/b9-7+.